The molecular formula is C21H26N2O3. The molecule has 1 N–H and O–H groups in total. The van der Waals surface area contributed by atoms with Crippen LogP contribution in [0.25, 0.3) is 0 Å². The summed E-state index contributed by atoms with van der Waals surface area (Å²) in [6, 6.07) is 6.41. The Hall–Kier alpha value is -2.32. The molecule has 3 rings (SSSR count). The lowest BCUT2D eigenvalue weighted by atomic mass is 9.87. The van der Waals surface area contributed by atoms with Crippen LogP contribution in [0.4, 0.5) is 0 Å². The molecule has 0 aromatic heterocycles. The predicted octanol–water partition coefficient (Wildman–Crippen LogP) is 2.16. The monoisotopic (exact) mass is 354 g/mol. The Morgan fingerprint density at radius 1 is 1.00 bits per heavy atom. The first kappa shape index (κ1) is 18.5. The van der Waals surface area contributed by atoms with Gasteiger partial charge in [-0.3, -0.25) is 14.5 Å². The summed E-state index contributed by atoms with van der Waals surface area (Å²) in [5.74, 6) is 3.22. The highest BCUT2D eigenvalue weighted by Crippen LogP contribution is 2.26. The van der Waals surface area contributed by atoms with E-state index in [0.29, 0.717) is 38.0 Å². The number of terminal acetylenes is 1. The van der Waals surface area contributed by atoms with Gasteiger partial charge in [-0.25, -0.2) is 0 Å². The van der Waals surface area contributed by atoms with E-state index in [-0.39, 0.29) is 29.3 Å². The van der Waals surface area contributed by atoms with Crippen molar-refractivity contribution in [3.63, 3.8) is 0 Å². The van der Waals surface area contributed by atoms with Gasteiger partial charge in [0.25, 0.3) is 0 Å². The van der Waals surface area contributed by atoms with Crippen molar-refractivity contribution in [2.45, 2.75) is 25.7 Å². The highest BCUT2D eigenvalue weighted by Gasteiger charge is 2.32. The summed E-state index contributed by atoms with van der Waals surface area (Å²) in [5, 5.41) is 9.35. The summed E-state index contributed by atoms with van der Waals surface area (Å²) in [5.41, 5.74) is 0.633. The number of carbonyl (C=O) groups excluding carboxylic acids is 2. The van der Waals surface area contributed by atoms with Gasteiger partial charge >= 0.3 is 0 Å². The molecule has 5 heteroatoms. The maximum Gasteiger partial charge on any atom is 0.225 e. The standard InChI is InChI=1S/C21H26N2O3/c1-2-11-22-12-7-18(8-13-22)21(26)23-14-9-17(10-15-23)20(25)16-3-5-19(24)6-4-16/h1,3-6,17-18,24H,7-15H2. The van der Waals surface area contributed by atoms with Gasteiger partial charge in [-0.1, -0.05) is 5.92 Å². The fourth-order valence-corrected chi connectivity index (χ4v) is 3.95. The Bertz CT molecular complexity index is 676. The molecular weight excluding hydrogens is 328 g/mol. The number of piperidine rings is 2. The fraction of sp³-hybridized carbons (Fsp3) is 0.524. The Morgan fingerprint density at radius 3 is 2.15 bits per heavy atom. The van der Waals surface area contributed by atoms with Crippen molar-refractivity contribution in [2.24, 2.45) is 11.8 Å². The molecule has 0 saturated carbocycles. The number of hydrogen-bond donors (Lipinski definition) is 1. The van der Waals surface area contributed by atoms with Gasteiger partial charge in [0.05, 0.1) is 6.54 Å². The number of likely N-dealkylation sites (tertiary alicyclic amines) is 2. The number of carbonyl (C=O) groups is 2. The van der Waals surface area contributed by atoms with Crippen molar-refractivity contribution in [3.8, 4) is 18.1 Å². The molecule has 2 fully saturated rings. The number of benzene rings is 1. The normalized spacial score (nSPS) is 19.9. The summed E-state index contributed by atoms with van der Waals surface area (Å²) < 4.78 is 0. The van der Waals surface area contributed by atoms with Gasteiger partial charge in [0.2, 0.25) is 5.91 Å². The summed E-state index contributed by atoms with van der Waals surface area (Å²) >= 11 is 0. The van der Waals surface area contributed by atoms with E-state index in [2.05, 4.69) is 10.8 Å². The van der Waals surface area contributed by atoms with Gasteiger partial charge in [-0.05, 0) is 63.0 Å². The minimum absolute atomic E-state index is 0.0407. The van der Waals surface area contributed by atoms with Crippen molar-refractivity contribution in [1.29, 1.82) is 0 Å². The predicted molar refractivity (Wildman–Crippen MR) is 99.7 cm³/mol. The van der Waals surface area contributed by atoms with Crippen LogP contribution in [0.3, 0.4) is 0 Å². The second-order valence-electron chi connectivity index (χ2n) is 7.27. The lowest BCUT2D eigenvalue weighted by Crippen LogP contribution is -2.46. The van der Waals surface area contributed by atoms with E-state index in [1.165, 1.54) is 0 Å². The van der Waals surface area contributed by atoms with Crippen LogP contribution in [0.2, 0.25) is 0 Å². The van der Waals surface area contributed by atoms with Crippen molar-refractivity contribution in [3.05, 3.63) is 29.8 Å². The highest BCUT2D eigenvalue weighted by atomic mass is 16.3. The van der Waals surface area contributed by atoms with Crippen LogP contribution in [0, 0.1) is 24.2 Å². The fourth-order valence-electron chi connectivity index (χ4n) is 3.95. The zero-order chi connectivity index (χ0) is 18.5. The maximum atomic E-state index is 12.8. The number of phenolic OH excluding ortho intramolecular Hbond substituents is 1. The number of hydrogen-bond acceptors (Lipinski definition) is 4. The number of rotatable bonds is 4. The zero-order valence-corrected chi connectivity index (χ0v) is 15.1. The second-order valence-corrected chi connectivity index (χ2v) is 7.27. The van der Waals surface area contributed by atoms with Gasteiger partial charge in [0, 0.05) is 30.5 Å². The van der Waals surface area contributed by atoms with E-state index in [9.17, 15) is 14.7 Å². The Kier molecular flexibility index (Phi) is 5.95. The molecule has 2 heterocycles. The van der Waals surface area contributed by atoms with Gasteiger partial charge in [0.1, 0.15) is 5.75 Å². The minimum Gasteiger partial charge on any atom is -0.508 e. The molecule has 2 aliphatic heterocycles. The summed E-state index contributed by atoms with van der Waals surface area (Å²) in [4.78, 5) is 29.5. The number of nitrogens with zero attached hydrogens (tertiary/aromatic N) is 2. The van der Waals surface area contributed by atoms with Crippen LogP contribution in [-0.2, 0) is 4.79 Å². The first-order chi connectivity index (χ1) is 12.6. The van der Waals surface area contributed by atoms with E-state index in [4.69, 9.17) is 6.42 Å². The van der Waals surface area contributed by atoms with E-state index in [1.54, 1.807) is 24.3 Å². The van der Waals surface area contributed by atoms with Crippen molar-refractivity contribution >= 4 is 11.7 Å². The highest BCUT2D eigenvalue weighted by molar-refractivity contribution is 5.98. The summed E-state index contributed by atoms with van der Waals surface area (Å²) in [7, 11) is 0. The molecule has 1 aromatic carbocycles. The molecule has 0 radical (unpaired) electrons. The number of ketones is 1. The molecule has 138 valence electrons. The van der Waals surface area contributed by atoms with Gasteiger partial charge in [0.15, 0.2) is 5.78 Å². The molecule has 1 amide bonds. The minimum atomic E-state index is -0.0407. The Labute approximate surface area is 155 Å². The van der Waals surface area contributed by atoms with Gasteiger partial charge in [-0.2, -0.15) is 0 Å². The Morgan fingerprint density at radius 2 is 1.58 bits per heavy atom. The lowest BCUT2D eigenvalue weighted by Gasteiger charge is -2.36. The third kappa shape index (κ3) is 4.25. The molecule has 0 spiro atoms. The molecule has 0 aliphatic carbocycles. The Balaban J connectivity index is 1.49. The molecule has 0 bridgehead atoms. The summed E-state index contributed by atoms with van der Waals surface area (Å²) in [6.45, 7) is 3.73. The topological polar surface area (TPSA) is 60.9 Å². The third-order valence-electron chi connectivity index (χ3n) is 5.58. The molecule has 2 aliphatic rings. The van der Waals surface area contributed by atoms with Crippen LogP contribution in [0.5, 0.6) is 5.75 Å². The number of Topliss-reactive ketones (excluding diaryl/α,β-unsaturated/α-hetero) is 1. The second kappa shape index (κ2) is 8.37. The van der Waals surface area contributed by atoms with Gasteiger partial charge in [-0.15, -0.1) is 6.42 Å². The first-order valence-electron chi connectivity index (χ1n) is 9.36. The van der Waals surface area contributed by atoms with E-state index >= 15 is 0 Å². The summed E-state index contributed by atoms with van der Waals surface area (Å²) in [6.07, 6.45) is 8.51. The van der Waals surface area contributed by atoms with Crippen LogP contribution >= 0.6 is 0 Å². The lowest BCUT2D eigenvalue weighted by molar-refractivity contribution is -0.138. The van der Waals surface area contributed by atoms with Crippen molar-refractivity contribution in [2.75, 3.05) is 32.7 Å². The average molecular weight is 354 g/mol. The molecule has 0 unspecified atom stereocenters. The van der Waals surface area contributed by atoms with Crippen molar-refractivity contribution in [1.82, 2.24) is 9.80 Å². The quantitative estimate of drug-likeness (QED) is 0.665. The molecule has 26 heavy (non-hydrogen) atoms. The smallest absolute Gasteiger partial charge is 0.225 e. The van der Waals surface area contributed by atoms with Crippen LogP contribution < -0.4 is 0 Å². The number of aromatic hydroxyl groups is 1. The molecule has 5 nitrogen and oxygen atoms in total. The molecule has 2 saturated heterocycles. The van der Waals surface area contributed by atoms with Gasteiger partial charge < -0.3 is 10.0 Å². The SMILES string of the molecule is C#CCN1CCC(C(=O)N2CCC(C(=O)c3ccc(O)cc3)CC2)CC1. The molecule has 1 aromatic rings. The average Bonchev–Trinajstić information content (AvgIpc) is 2.68. The largest absolute Gasteiger partial charge is 0.508 e. The first-order valence-corrected chi connectivity index (χ1v) is 9.36. The third-order valence-corrected chi connectivity index (χ3v) is 5.58. The molecule has 0 atom stereocenters. The van der Waals surface area contributed by atoms with Crippen LogP contribution in [-0.4, -0.2) is 59.3 Å². The van der Waals surface area contributed by atoms with Crippen LogP contribution in [0.1, 0.15) is 36.0 Å². The van der Waals surface area contributed by atoms with E-state index < -0.39 is 0 Å². The van der Waals surface area contributed by atoms with Crippen molar-refractivity contribution < 1.29 is 14.7 Å². The maximum absolute atomic E-state index is 12.8. The zero-order valence-electron chi connectivity index (χ0n) is 15.1. The number of phenols is 1. The van der Waals surface area contributed by atoms with Crippen LogP contribution in [0.15, 0.2) is 24.3 Å². The van der Waals surface area contributed by atoms with E-state index in [1.807, 2.05) is 4.90 Å². The number of amides is 1. The van der Waals surface area contributed by atoms with E-state index in [0.717, 1.165) is 25.9 Å².